The van der Waals surface area contributed by atoms with Gasteiger partial charge in [0.1, 0.15) is 0 Å². The number of alkyl halides is 3. The quantitative estimate of drug-likeness (QED) is 0.623. The highest BCUT2D eigenvalue weighted by Gasteiger charge is 2.33. The van der Waals surface area contributed by atoms with E-state index in [1.807, 2.05) is 13.8 Å². The number of thioether (sulfide) groups is 1. The summed E-state index contributed by atoms with van der Waals surface area (Å²) in [5.41, 5.74) is 4.83. The predicted molar refractivity (Wildman–Crippen MR) is 56.8 cm³/mol. The van der Waals surface area contributed by atoms with Crippen LogP contribution in [0, 0.1) is 0 Å². The summed E-state index contributed by atoms with van der Waals surface area (Å²) in [5, 5.41) is 0.106. The minimum absolute atomic E-state index is 0.106. The molecule has 2 N–H and O–H groups in total. The highest BCUT2D eigenvalue weighted by atomic mass is 32.2. The summed E-state index contributed by atoms with van der Waals surface area (Å²) in [7, 11) is 0. The van der Waals surface area contributed by atoms with Gasteiger partial charge in [-0.15, -0.1) is 11.8 Å². The maximum Gasteiger partial charge on any atom is 0.417 e. The number of hydrogen-bond acceptors (Lipinski definition) is 2. The normalized spacial score (nSPS) is 12.1. The van der Waals surface area contributed by atoms with Crippen LogP contribution in [0.5, 0.6) is 0 Å². The van der Waals surface area contributed by atoms with Gasteiger partial charge in [0.15, 0.2) is 0 Å². The molecule has 0 aliphatic carbocycles. The van der Waals surface area contributed by atoms with Crippen molar-refractivity contribution in [3.63, 3.8) is 0 Å². The van der Waals surface area contributed by atoms with Crippen molar-refractivity contribution in [3.8, 4) is 0 Å². The van der Waals surface area contributed by atoms with Crippen molar-refractivity contribution >= 4 is 17.4 Å². The fourth-order valence-electron chi connectivity index (χ4n) is 1.13. The molecular formula is C10H12F3NS. The van der Waals surface area contributed by atoms with Crippen molar-refractivity contribution in [3.05, 3.63) is 23.8 Å². The molecule has 5 heteroatoms. The van der Waals surface area contributed by atoms with Gasteiger partial charge >= 0.3 is 6.18 Å². The summed E-state index contributed by atoms with van der Waals surface area (Å²) in [6, 6.07) is 3.88. The molecule has 0 fully saturated rings. The van der Waals surface area contributed by atoms with Crippen LogP contribution in [0.25, 0.3) is 0 Å². The molecule has 84 valence electrons. The second-order valence-corrected chi connectivity index (χ2v) is 5.04. The molecule has 1 rings (SSSR count). The molecular weight excluding hydrogens is 223 g/mol. The number of benzene rings is 1. The van der Waals surface area contributed by atoms with Crippen LogP contribution in [-0.4, -0.2) is 5.25 Å². The lowest BCUT2D eigenvalue weighted by Crippen LogP contribution is -2.08. The van der Waals surface area contributed by atoms with Crippen LogP contribution in [-0.2, 0) is 6.18 Å². The highest BCUT2D eigenvalue weighted by Crippen LogP contribution is 2.38. The number of anilines is 1. The van der Waals surface area contributed by atoms with Gasteiger partial charge in [0.25, 0.3) is 0 Å². The summed E-state index contributed by atoms with van der Waals surface area (Å²) in [6.45, 7) is 3.70. The Morgan fingerprint density at radius 2 is 1.87 bits per heavy atom. The van der Waals surface area contributed by atoms with E-state index in [9.17, 15) is 13.2 Å². The van der Waals surface area contributed by atoms with E-state index in [2.05, 4.69) is 0 Å². The molecule has 1 nitrogen and oxygen atoms in total. The van der Waals surface area contributed by atoms with E-state index in [4.69, 9.17) is 5.73 Å². The molecule has 0 aromatic heterocycles. The summed E-state index contributed by atoms with van der Waals surface area (Å²) >= 11 is 1.19. The Morgan fingerprint density at radius 1 is 1.27 bits per heavy atom. The zero-order valence-corrected chi connectivity index (χ0v) is 9.25. The third-order valence-electron chi connectivity index (χ3n) is 1.67. The molecule has 0 aliphatic heterocycles. The van der Waals surface area contributed by atoms with E-state index < -0.39 is 11.7 Å². The molecule has 0 radical (unpaired) electrons. The summed E-state index contributed by atoms with van der Waals surface area (Å²) in [4.78, 5) is 0.228. The lowest BCUT2D eigenvalue weighted by Gasteiger charge is -2.14. The number of rotatable bonds is 2. The molecule has 1 aromatic carbocycles. The van der Waals surface area contributed by atoms with Crippen LogP contribution in [0.3, 0.4) is 0 Å². The lowest BCUT2D eigenvalue weighted by molar-refractivity contribution is -0.139. The van der Waals surface area contributed by atoms with Crippen LogP contribution >= 0.6 is 11.8 Å². The van der Waals surface area contributed by atoms with E-state index in [0.29, 0.717) is 0 Å². The van der Waals surface area contributed by atoms with Crippen molar-refractivity contribution in [1.82, 2.24) is 0 Å². The average Bonchev–Trinajstić information content (AvgIpc) is 2.05. The fraction of sp³-hybridized carbons (Fsp3) is 0.400. The van der Waals surface area contributed by atoms with Crippen molar-refractivity contribution < 1.29 is 13.2 Å². The molecule has 15 heavy (non-hydrogen) atoms. The monoisotopic (exact) mass is 235 g/mol. The van der Waals surface area contributed by atoms with Crippen LogP contribution in [0.4, 0.5) is 18.9 Å². The predicted octanol–water partition coefficient (Wildman–Crippen LogP) is 3.79. The van der Waals surface area contributed by atoms with Gasteiger partial charge in [0, 0.05) is 15.8 Å². The maximum absolute atomic E-state index is 12.6. The van der Waals surface area contributed by atoms with Gasteiger partial charge in [-0.25, -0.2) is 0 Å². The molecule has 0 heterocycles. The summed E-state index contributed by atoms with van der Waals surface area (Å²) in [5.74, 6) is 0. The number of nitrogens with two attached hydrogens (primary N) is 1. The Morgan fingerprint density at radius 3 is 2.33 bits per heavy atom. The second-order valence-electron chi connectivity index (χ2n) is 3.42. The van der Waals surface area contributed by atoms with Crippen LogP contribution in [0.15, 0.2) is 23.1 Å². The topological polar surface area (TPSA) is 26.0 Å². The van der Waals surface area contributed by atoms with E-state index in [1.165, 1.54) is 23.9 Å². The highest BCUT2D eigenvalue weighted by molar-refractivity contribution is 8.00. The van der Waals surface area contributed by atoms with E-state index in [1.54, 1.807) is 0 Å². The zero-order valence-electron chi connectivity index (χ0n) is 8.43. The number of hydrogen-bond donors (Lipinski definition) is 1. The molecule has 0 saturated heterocycles. The first kappa shape index (κ1) is 12.2. The van der Waals surface area contributed by atoms with Gasteiger partial charge < -0.3 is 5.73 Å². The number of halogens is 3. The Kier molecular flexibility index (Phi) is 3.54. The van der Waals surface area contributed by atoms with Crippen LogP contribution in [0.2, 0.25) is 0 Å². The smallest absolute Gasteiger partial charge is 0.399 e. The molecule has 0 unspecified atom stereocenters. The lowest BCUT2D eigenvalue weighted by atomic mass is 10.2. The number of nitrogen functional groups attached to an aromatic ring is 1. The molecule has 0 spiro atoms. The van der Waals surface area contributed by atoms with E-state index in [0.717, 1.165) is 6.07 Å². The molecule has 1 aromatic rings. The van der Waals surface area contributed by atoms with Crippen molar-refractivity contribution in [2.75, 3.05) is 5.73 Å². The Bertz CT molecular complexity index is 347. The first-order valence-corrected chi connectivity index (χ1v) is 5.32. The molecule has 0 bridgehead atoms. The molecule has 0 amide bonds. The van der Waals surface area contributed by atoms with Crippen molar-refractivity contribution in [2.45, 2.75) is 30.2 Å². The van der Waals surface area contributed by atoms with Crippen LogP contribution < -0.4 is 5.73 Å². The maximum atomic E-state index is 12.6. The minimum atomic E-state index is -4.34. The first-order chi connectivity index (χ1) is 6.80. The SMILES string of the molecule is CC(C)Sc1ccc(N)cc1C(F)(F)F. The third kappa shape index (κ3) is 3.34. The fourth-order valence-corrected chi connectivity index (χ4v) is 2.08. The van der Waals surface area contributed by atoms with Crippen LogP contribution in [0.1, 0.15) is 19.4 Å². The van der Waals surface area contributed by atoms with Crippen molar-refractivity contribution in [1.29, 1.82) is 0 Å². The Balaban J connectivity index is 3.15. The summed E-state index contributed by atoms with van der Waals surface area (Å²) in [6.07, 6.45) is -4.34. The van der Waals surface area contributed by atoms with Crippen molar-refractivity contribution in [2.24, 2.45) is 0 Å². The van der Waals surface area contributed by atoms with E-state index in [-0.39, 0.29) is 15.8 Å². The van der Waals surface area contributed by atoms with Gasteiger partial charge in [0.2, 0.25) is 0 Å². The largest absolute Gasteiger partial charge is 0.417 e. The molecule has 0 aliphatic rings. The Hall–Kier alpha value is -0.840. The minimum Gasteiger partial charge on any atom is -0.399 e. The standard InChI is InChI=1S/C10H12F3NS/c1-6(2)15-9-4-3-7(14)5-8(9)10(11,12)13/h3-6H,14H2,1-2H3. The second kappa shape index (κ2) is 4.35. The summed E-state index contributed by atoms with van der Waals surface area (Å²) < 4.78 is 37.8. The molecule has 0 saturated carbocycles. The van der Waals surface area contributed by atoms with Gasteiger partial charge in [-0.2, -0.15) is 13.2 Å². The van der Waals surface area contributed by atoms with Gasteiger partial charge in [0.05, 0.1) is 5.56 Å². The van der Waals surface area contributed by atoms with Gasteiger partial charge in [-0.05, 0) is 18.2 Å². The average molecular weight is 235 g/mol. The molecule has 0 atom stereocenters. The zero-order chi connectivity index (χ0) is 11.6. The van der Waals surface area contributed by atoms with Gasteiger partial charge in [-0.1, -0.05) is 13.8 Å². The van der Waals surface area contributed by atoms with E-state index >= 15 is 0 Å². The Labute approximate surface area is 90.9 Å². The first-order valence-electron chi connectivity index (χ1n) is 4.44. The third-order valence-corrected chi connectivity index (χ3v) is 2.75. The van der Waals surface area contributed by atoms with Gasteiger partial charge in [-0.3, -0.25) is 0 Å².